The van der Waals surface area contributed by atoms with Gasteiger partial charge in [0.25, 0.3) is 0 Å². The minimum atomic E-state index is -1.24. The normalized spacial score (nSPS) is 23.6. The van der Waals surface area contributed by atoms with E-state index in [0.717, 1.165) is 49.6 Å². The number of methoxy groups -OCH3 is 1. The van der Waals surface area contributed by atoms with Gasteiger partial charge in [0.15, 0.2) is 0 Å². The van der Waals surface area contributed by atoms with Gasteiger partial charge in [-0.2, -0.15) is 0 Å². The summed E-state index contributed by atoms with van der Waals surface area (Å²) in [6.07, 6.45) is 5.52. The Kier molecular flexibility index (Phi) is 18.6. The van der Waals surface area contributed by atoms with Crippen molar-refractivity contribution in [3.63, 3.8) is 0 Å². The molecule has 1 fully saturated rings. The topological polar surface area (TPSA) is 219 Å². The average molecular weight is 947 g/mol. The number of esters is 1. The average Bonchev–Trinajstić information content (AvgIpc) is 3.93. The third kappa shape index (κ3) is 11.4. The van der Waals surface area contributed by atoms with Crippen LogP contribution in [0.4, 0.5) is 0 Å². The van der Waals surface area contributed by atoms with E-state index in [2.05, 4.69) is 53.5 Å². The molecule has 5 aliphatic heterocycles. The van der Waals surface area contributed by atoms with E-state index < -0.39 is 30.5 Å². The van der Waals surface area contributed by atoms with Crippen LogP contribution in [-0.4, -0.2) is 116 Å². The second-order valence-corrected chi connectivity index (χ2v) is 16.3. The predicted molar refractivity (Wildman–Crippen MR) is 235 cm³/mol. The number of fused-ring (bicyclic) bond motifs is 5. The zero-order valence-corrected chi connectivity index (χ0v) is 39.1. The molecule has 1 unspecified atom stereocenters. The maximum atomic E-state index is 14.1. The number of amides is 1. The summed E-state index contributed by atoms with van der Waals surface area (Å²) in [7, 11) is 1.29. The quantitative estimate of drug-likeness (QED) is 0.0338. The van der Waals surface area contributed by atoms with Gasteiger partial charge in [-0.3, -0.25) is 19.6 Å². The van der Waals surface area contributed by atoms with Gasteiger partial charge in [0.05, 0.1) is 61.3 Å². The fourth-order valence-corrected chi connectivity index (χ4v) is 8.66. The van der Waals surface area contributed by atoms with Crippen LogP contribution in [0.25, 0.3) is 0 Å². The molecule has 1 amide bonds. The number of allylic oxidation sites excluding steroid dienone is 10. The second kappa shape index (κ2) is 22.9. The molecule has 15 nitrogen and oxygen atoms in total. The van der Waals surface area contributed by atoms with Gasteiger partial charge < -0.3 is 46.0 Å². The van der Waals surface area contributed by atoms with Gasteiger partial charge >= 0.3 is 26.4 Å². The summed E-state index contributed by atoms with van der Waals surface area (Å²) in [5, 5.41) is 57.0. The molecule has 62 heavy (non-hydrogen) atoms. The number of carbonyl (C=O) groups excluding carboxylic acids is 2. The van der Waals surface area contributed by atoms with Gasteiger partial charge in [-0.15, -0.1) is 5.76 Å². The van der Waals surface area contributed by atoms with Crippen LogP contribution in [0.5, 0.6) is 0 Å². The number of hydrogen-bond acceptors (Lipinski definition) is 14. The summed E-state index contributed by atoms with van der Waals surface area (Å²) >= 11 is 0. The van der Waals surface area contributed by atoms with Gasteiger partial charge in [-0.05, 0) is 80.6 Å². The SMILES string of the molecule is CC[C@H]1C2=CC3=NC(=C(CC(=O)OC)C4=NC(=CC5=C(C)/C(=C(/C)[O-])C(=N5)C=C(N2)[C@@H]1C)[C@@H](C)[C@@H]4CCC(=O)NCCNCCN(CC)CC)C(C([O-])=NCC(O)CO)=C3C.[Pd+2]. The molecular formula is C46H64N8O7Pd. The zero-order valence-electron chi connectivity index (χ0n) is 37.6. The van der Waals surface area contributed by atoms with E-state index in [4.69, 9.17) is 19.7 Å². The third-order valence-corrected chi connectivity index (χ3v) is 12.4. The monoisotopic (exact) mass is 946 g/mol. The third-order valence-electron chi connectivity index (χ3n) is 12.4. The van der Waals surface area contributed by atoms with Crippen LogP contribution in [0.3, 0.4) is 0 Å². The van der Waals surface area contributed by atoms with Gasteiger partial charge in [-0.1, -0.05) is 41.5 Å². The molecular weight excluding hydrogens is 883 g/mol. The first-order valence-electron chi connectivity index (χ1n) is 21.7. The van der Waals surface area contributed by atoms with Crippen LogP contribution in [-0.2, 0) is 34.7 Å². The summed E-state index contributed by atoms with van der Waals surface area (Å²) in [6.45, 7) is 19.6. The Morgan fingerprint density at radius 3 is 2.32 bits per heavy atom. The number of aliphatic hydroxyl groups excluding tert-OH is 2. The Hall–Kier alpha value is -4.30. The Labute approximate surface area is 380 Å². The van der Waals surface area contributed by atoms with Crippen LogP contribution in [0.15, 0.2) is 100 Å². The first-order valence-corrected chi connectivity index (χ1v) is 21.7. The number of aliphatic hydroxyl groups is 2. The van der Waals surface area contributed by atoms with Crippen molar-refractivity contribution in [2.45, 2.75) is 87.2 Å². The molecule has 0 aromatic heterocycles. The van der Waals surface area contributed by atoms with Crippen molar-refractivity contribution in [2.75, 3.05) is 59.5 Å². The molecule has 8 bridgehead atoms. The fourth-order valence-electron chi connectivity index (χ4n) is 8.66. The number of ether oxygens (including phenoxy) is 1. The zero-order chi connectivity index (χ0) is 44.5. The summed E-state index contributed by atoms with van der Waals surface area (Å²) in [6, 6.07) is 0. The molecule has 0 spiro atoms. The van der Waals surface area contributed by atoms with E-state index in [0.29, 0.717) is 64.8 Å². The minimum Gasteiger partial charge on any atom is -0.875 e. The maximum absolute atomic E-state index is 14.1. The van der Waals surface area contributed by atoms with Crippen LogP contribution in [0.2, 0.25) is 0 Å². The number of nitrogens with zero attached hydrogens (tertiary/aromatic N) is 5. The van der Waals surface area contributed by atoms with E-state index in [1.165, 1.54) is 7.11 Å². The molecule has 5 N–H and O–H groups in total. The maximum Gasteiger partial charge on any atom is 2.00 e. The molecule has 16 heteroatoms. The Morgan fingerprint density at radius 1 is 0.968 bits per heavy atom. The van der Waals surface area contributed by atoms with Crippen molar-refractivity contribution < 1.29 is 55.2 Å². The first kappa shape index (κ1) is 50.3. The first-order chi connectivity index (χ1) is 29.2. The smallest absolute Gasteiger partial charge is 0.875 e. The number of hydrogen-bond donors (Lipinski definition) is 5. The molecule has 0 aliphatic carbocycles. The number of nitrogens with one attached hydrogen (secondary N) is 3. The Balaban J connectivity index is 0.00000845. The number of carbonyl (C=O) groups is 2. The standard InChI is InChI=1S/C46H66N8O7.Pd/c1-10-31-25(4)34-22-39-42(29(8)56)27(6)36(51-39)20-35-26(5)32(13-14-40(58)48-16-15-47-17-18-54(11-2)12-3)44(52-35)33(19-41(59)61-9)45-43(46(60)49-23-30(57)24-55)28(7)37(53-45)21-38(31)50-34;/h20-22,25-26,30-32,47,50,55-57H,10-19,23-24H2,1-9H3,(H,48,58)(H,49,60);/q;+2/p-2/b34-22?,35-20?,38-21?,42-29+,45-33?;/t25-,26+,30?,31-,32+;/m1./s1. The second-order valence-electron chi connectivity index (χ2n) is 16.3. The minimum absolute atomic E-state index is 0. The van der Waals surface area contributed by atoms with Crippen molar-refractivity contribution >= 4 is 34.9 Å². The molecule has 0 radical (unpaired) electrons. The number of likely N-dealkylation sites (N-methyl/N-ethyl adjacent to an activating group) is 1. The van der Waals surface area contributed by atoms with Gasteiger partial charge in [0, 0.05) is 84.5 Å². The molecule has 0 aromatic carbocycles. The van der Waals surface area contributed by atoms with E-state index in [-0.39, 0.29) is 80.5 Å². The van der Waals surface area contributed by atoms with Crippen molar-refractivity contribution in [3.8, 4) is 0 Å². The van der Waals surface area contributed by atoms with Crippen LogP contribution >= 0.6 is 0 Å². The van der Waals surface area contributed by atoms with Gasteiger partial charge in [0.1, 0.15) is 0 Å². The fraction of sp³-hybridized carbons (Fsp3) is 0.565. The molecule has 0 saturated carbocycles. The largest absolute Gasteiger partial charge is 2.00 e. The summed E-state index contributed by atoms with van der Waals surface area (Å²) < 4.78 is 5.21. The predicted octanol–water partition coefficient (Wildman–Crippen LogP) is 2.51. The Bertz CT molecular complexity index is 2080. The van der Waals surface area contributed by atoms with Crippen molar-refractivity contribution in [1.29, 1.82) is 0 Å². The molecule has 1 saturated heterocycles. The van der Waals surface area contributed by atoms with Crippen molar-refractivity contribution in [1.82, 2.24) is 20.9 Å². The van der Waals surface area contributed by atoms with E-state index >= 15 is 0 Å². The molecule has 5 rings (SSSR count). The number of rotatable bonds is 18. The Morgan fingerprint density at radius 2 is 1.68 bits per heavy atom. The van der Waals surface area contributed by atoms with E-state index in [9.17, 15) is 30.0 Å². The van der Waals surface area contributed by atoms with Crippen LogP contribution in [0, 0.1) is 23.7 Å². The van der Waals surface area contributed by atoms with Crippen LogP contribution in [0.1, 0.15) is 81.1 Å². The summed E-state index contributed by atoms with van der Waals surface area (Å²) in [5.74, 6) is -2.08. The molecule has 5 heterocycles. The van der Waals surface area contributed by atoms with E-state index in [1.807, 2.05) is 32.1 Å². The summed E-state index contributed by atoms with van der Waals surface area (Å²) in [4.78, 5) is 48.5. The summed E-state index contributed by atoms with van der Waals surface area (Å²) in [5.41, 5.74) is 7.00. The molecule has 5 aliphatic rings. The van der Waals surface area contributed by atoms with E-state index in [1.54, 1.807) is 13.8 Å². The molecule has 0 aromatic rings. The van der Waals surface area contributed by atoms with Crippen molar-refractivity contribution in [2.24, 2.45) is 43.6 Å². The van der Waals surface area contributed by atoms with Gasteiger partial charge in [0.2, 0.25) is 5.91 Å². The molecule has 5 atom stereocenters. The van der Waals surface area contributed by atoms with Gasteiger partial charge in [-0.25, -0.2) is 9.98 Å². The van der Waals surface area contributed by atoms with Crippen molar-refractivity contribution in [3.05, 3.63) is 80.3 Å². The van der Waals surface area contributed by atoms with Crippen LogP contribution < -0.4 is 26.2 Å². The number of aliphatic imine (C=N–C) groups is 4. The molecule has 340 valence electrons.